The van der Waals surface area contributed by atoms with E-state index in [1.165, 1.54) is 0 Å². The summed E-state index contributed by atoms with van der Waals surface area (Å²) in [5, 5.41) is 0. The Kier molecular flexibility index (Phi) is 8.40. The van der Waals surface area contributed by atoms with Crippen LogP contribution in [0.2, 0.25) is 0 Å². The average molecular weight is 436 g/mol. The van der Waals surface area contributed by atoms with E-state index in [4.69, 9.17) is 28.3 Å². The van der Waals surface area contributed by atoms with E-state index in [0.717, 1.165) is 16.6 Å². The van der Waals surface area contributed by atoms with Crippen molar-refractivity contribution in [1.82, 2.24) is 0 Å². The second kappa shape index (κ2) is 9.90. The lowest BCUT2D eigenvalue weighted by molar-refractivity contribution is -0.130. The molecule has 0 spiro atoms. The van der Waals surface area contributed by atoms with Gasteiger partial charge >= 0.3 is 7.12 Å². The van der Waals surface area contributed by atoms with Crippen LogP contribution in [0, 0.1) is 0 Å². The third-order valence-corrected chi connectivity index (χ3v) is 6.32. The first-order valence-corrected chi connectivity index (χ1v) is 11.2. The Hall–Kier alpha value is -0.955. The summed E-state index contributed by atoms with van der Waals surface area (Å²) >= 11 is 0. The van der Waals surface area contributed by atoms with Gasteiger partial charge < -0.3 is 28.3 Å². The van der Waals surface area contributed by atoms with Gasteiger partial charge in [-0.1, -0.05) is 18.2 Å². The van der Waals surface area contributed by atoms with Crippen LogP contribution in [-0.4, -0.2) is 45.1 Å². The highest BCUT2D eigenvalue weighted by Crippen LogP contribution is 2.38. The maximum Gasteiger partial charge on any atom is 0.495 e. The Balaban J connectivity index is 2.46. The smallest absolute Gasteiger partial charge is 0.399 e. The Labute approximate surface area is 189 Å². The Morgan fingerprint density at radius 3 is 1.77 bits per heavy atom. The fourth-order valence-corrected chi connectivity index (χ4v) is 3.36. The van der Waals surface area contributed by atoms with Crippen LogP contribution in [0.3, 0.4) is 0 Å². The van der Waals surface area contributed by atoms with Crippen LogP contribution >= 0.6 is 0 Å². The molecule has 6 nitrogen and oxygen atoms in total. The van der Waals surface area contributed by atoms with Crippen LogP contribution in [0.15, 0.2) is 18.2 Å². The number of hydrogen-bond acceptors (Lipinski definition) is 6. The molecule has 1 heterocycles. The third kappa shape index (κ3) is 6.09. The molecule has 0 amide bonds. The van der Waals surface area contributed by atoms with E-state index in [-0.39, 0.29) is 13.6 Å². The van der Waals surface area contributed by atoms with Crippen molar-refractivity contribution in [3.05, 3.63) is 29.3 Å². The minimum atomic E-state index is -0.594. The molecule has 31 heavy (non-hydrogen) atoms. The van der Waals surface area contributed by atoms with Crippen molar-refractivity contribution in [2.45, 2.75) is 91.6 Å². The van der Waals surface area contributed by atoms with E-state index in [9.17, 15) is 0 Å². The van der Waals surface area contributed by atoms with Gasteiger partial charge in [-0.05, 0) is 85.8 Å². The number of rotatable bonds is 11. The molecule has 1 fully saturated rings. The van der Waals surface area contributed by atoms with E-state index in [0.29, 0.717) is 13.2 Å². The summed E-state index contributed by atoms with van der Waals surface area (Å²) in [6.07, 6.45) is 0. The van der Waals surface area contributed by atoms with Crippen LogP contribution < -0.4 is 5.46 Å². The Bertz CT molecular complexity index is 713. The zero-order valence-electron chi connectivity index (χ0n) is 21.1. The second-order valence-corrected chi connectivity index (χ2v) is 9.92. The summed E-state index contributed by atoms with van der Waals surface area (Å²) in [4.78, 5) is 0. The summed E-state index contributed by atoms with van der Waals surface area (Å²) in [5.74, 6) is 0. The molecule has 0 atom stereocenters. The lowest BCUT2D eigenvalue weighted by atomic mass is 9.71. The summed E-state index contributed by atoms with van der Waals surface area (Å²) in [5.41, 5.74) is 0.928. The van der Waals surface area contributed by atoms with Gasteiger partial charge in [0.1, 0.15) is 13.6 Å². The summed E-state index contributed by atoms with van der Waals surface area (Å²) in [6, 6.07) is 6.25. The first kappa shape index (κ1) is 26.3. The molecule has 2 rings (SSSR count). The van der Waals surface area contributed by atoms with Crippen LogP contribution in [-0.2, 0) is 39.5 Å². The number of hydrogen-bond donors (Lipinski definition) is 0. The molecule has 1 saturated heterocycles. The molecule has 7 heteroatoms. The van der Waals surface area contributed by atoms with Crippen molar-refractivity contribution >= 4 is 12.6 Å². The van der Waals surface area contributed by atoms with Crippen molar-refractivity contribution in [2.75, 3.05) is 26.8 Å². The molecular formula is C24H41BO6. The predicted molar refractivity (Wildman–Crippen MR) is 123 cm³/mol. The zero-order chi connectivity index (χ0) is 23.5. The second-order valence-electron chi connectivity index (χ2n) is 9.92. The normalized spacial score (nSPS) is 18.6. The molecule has 0 unspecified atom stereocenters. The van der Waals surface area contributed by atoms with Crippen molar-refractivity contribution in [1.29, 1.82) is 0 Å². The molecule has 0 saturated carbocycles. The number of benzene rings is 1. The average Bonchev–Trinajstić information content (AvgIpc) is 2.89. The molecule has 1 aromatic rings. The van der Waals surface area contributed by atoms with Gasteiger partial charge in [-0.2, -0.15) is 0 Å². The van der Waals surface area contributed by atoms with Gasteiger partial charge in [-0.15, -0.1) is 0 Å². The summed E-state index contributed by atoms with van der Waals surface area (Å²) in [6.45, 7) is 21.9. The van der Waals surface area contributed by atoms with Gasteiger partial charge in [0.2, 0.25) is 0 Å². The van der Waals surface area contributed by atoms with E-state index in [2.05, 4.69) is 45.9 Å². The minimum Gasteiger partial charge on any atom is -0.399 e. The highest BCUT2D eigenvalue weighted by atomic mass is 16.7. The van der Waals surface area contributed by atoms with Crippen molar-refractivity contribution in [3.8, 4) is 0 Å². The highest BCUT2D eigenvalue weighted by Gasteiger charge is 2.53. The molecule has 176 valence electrons. The molecule has 0 radical (unpaired) electrons. The first-order valence-electron chi connectivity index (χ1n) is 11.2. The standard InChI is InChI=1S/C24H41BO6/c1-11-26-16-28-21(3,4)18-13-14-19(22(5,6)29-17-27-12-2)20(15-18)25-30-23(7,8)24(9,10)31-25/h13-15H,11-12,16-17H2,1-10H3. The van der Waals surface area contributed by atoms with Crippen LogP contribution in [0.25, 0.3) is 0 Å². The Morgan fingerprint density at radius 1 is 0.806 bits per heavy atom. The molecule has 1 aliphatic rings. The molecular weight excluding hydrogens is 395 g/mol. The van der Waals surface area contributed by atoms with Crippen LogP contribution in [0.5, 0.6) is 0 Å². The summed E-state index contributed by atoms with van der Waals surface area (Å²) < 4.78 is 35.7. The maximum absolute atomic E-state index is 6.40. The van der Waals surface area contributed by atoms with Gasteiger partial charge in [-0.3, -0.25) is 0 Å². The molecule has 0 aliphatic carbocycles. The predicted octanol–water partition coefficient (Wildman–Crippen LogP) is 4.48. The van der Waals surface area contributed by atoms with Crippen molar-refractivity contribution in [2.24, 2.45) is 0 Å². The van der Waals surface area contributed by atoms with E-state index in [1.807, 2.05) is 41.5 Å². The van der Waals surface area contributed by atoms with Gasteiger partial charge in [0, 0.05) is 13.2 Å². The van der Waals surface area contributed by atoms with E-state index in [1.54, 1.807) is 0 Å². The fraction of sp³-hybridized carbons (Fsp3) is 0.750. The monoisotopic (exact) mass is 436 g/mol. The van der Waals surface area contributed by atoms with Gasteiger partial charge in [0.25, 0.3) is 0 Å². The molecule has 1 aliphatic heterocycles. The van der Waals surface area contributed by atoms with Crippen molar-refractivity contribution < 1.29 is 28.3 Å². The fourth-order valence-electron chi connectivity index (χ4n) is 3.36. The first-order chi connectivity index (χ1) is 14.3. The largest absolute Gasteiger partial charge is 0.495 e. The van der Waals surface area contributed by atoms with E-state index < -0.39 is 29.5 Å². The minimum absolute atomic E-state index is 0.219. The maximum atomic E-state index is 6.40. The third-order valence-electron chi connectivity index (χ3n) is 6.32. The lowest BCUT2D eigenvalue weighted by Crippen LogP contribution is -2.42. The van der Waals surface area contributed by atoms with E-state index >= 15 is 0 Å². The van der Waals surface area contributed by atoms with Crippen LogP contribution in [0.1, 0.15) is 80.4 Å². The van der Waals surface area contributed by atoms with Gasteiger partial charge in [0.05, 0.1) is 22.4 Å². The molecule has 1 aromatic carbocycles. The van der Waals surface area contributed by atoms with Crippen LogP contribution in [0.4, 0.5) is 0 Å². The lowest BCUT2D eigenvalue weighted by Gasteiger charge is -2.32. The molecule has 0 N–H and O–H groups in total. The SMILES string of the molecule is CCOCOC(C)(C)c1ccc(C(C)(C)OCOCC)c(B2OC(C)(C)C(C)(C)O2)c1. The quantitative estimate of drug-likeness (QED) is 0.290. The molecule has 0 aromatic heterocycles. The number of ether oxygens (including phenoxy) is 4. The van der Waals surface area contributed by atoms with Gasteiger partial charge in [-0.25, -0.2) is 0 Å². The van der Waals surface area contributed by atoms with Crippen molar-refractivity contribution in [3.63, 3.8) is 0 Å². The zero-order valence-corrected chi connectivity index (χ0v) is 21.1. The summed E-state index contributed by atoms with van der Waals surface area (Å²) in [7, 11) is -0.516. The Morgan fingerprint density at radius 2 is 1.29 bits per heavy atom. The molecule has 0 bridgehead atoms. The van der Waals surface area contributed by atoms with Gasteiger partial charge in [0.15, 0.2) is 0 Å². The topological polar surface area (TPSA) is 55.4 Å². The highest BCUT2D eigenvalue weighted by molar-refractivity contribution is 6.62.